The summed E-state index contributed by atoms with van der Waals surface area (Å²) in [5.74, 6) is -0.0708. The molecule has 0 aromatic rings. The number of rotatable bonds is 1. The Kier molecular flexibility index (Phi) is 3.08. The molecule has 1 atom stereocenters. The number of piperidine rings is 1. The highest BCUT2D eigenvalue weighted by Crippen LogP contribution is 2.28. The van der Waals surface area contributed by atoms with Crippen LogP contribution in [0.4, 0.5) is 4.39 Å². The van der Waals surface area contributed by atoms with Crippen molar-refractivity contribution in [1.29, 1.82) is 0 Å². The lowest BCUT2D eigenvalue weighted by Gasteiger charge is -2.45. The summed E-state index contributed by atoms with van der Waals surface area (Å²) in [6.07, 6.45) is 3.95. The zero-order chi connectivity index (χ0) is 13.4. The standard InChI is InChI=1S/C13H19FN4O/c14-10-6-16-7-11(15)13(10)17-4-5-18-9(8-17)2-1-3-12(18)19/h6,9,16H,1-5,7-8,15H2. The Balaban J connectivity index is 1.78. The molecular formula is C13H19FN4O. The molecule has 0 aromatic heterocycles. The van der Waals surface area contributed by atoms with Crippen LogP contribution in [0.5, 0.6) is 0 Å². The summed E-state index contributed by atoms with van der Waals surface area (Å²) < 4.78 is 13.9. The molecule has 3 heterocycles. The molecule has 3 aliphatic rings. The highest BCUT2D eigenvalue weighted by molar-refractivity contribution is 5.77. The van der Waals surface area contributed by atoms with E-state index < -0.39 is 0 Å². The third-order valence-corrected chi connectivity index (χ3v) is 4.10. The SMILES string of the molecule is NC1=C(N2CCN3C(=O)CCCC3C2)C(F)=CNC1. The van der Waals surface area contributed by atoms with Gasteiger partial charge in [-0.1, -0.05) is 0 Å². The second kappa shape index (κ2) is 4.75. The minimum Gasteiger partial charge on any atom is -0.399 e. The molecule has 6 heteroatoms. The van der Waals surface area contributed by atoms with Crippen molar-refractivity contribution in [3.8, 4) is 0 Å². The third kappa shape index (κ3) is 2.15. The Hall–Kier alpha value is -1.72. The molecule has 0 saturated carbocycles. The Morgan fingerprint density at radius 3 is 3.05 bits per heavy atom. The zero-order valence-corrected chi connectivity index (χ0v) is 10.9. The number of hydrogen-bond acceptors (Lipinski definition) is 4. The lowest BCUT2D eigenvalue weighted by Crippen LogP contribution is -2.57. The molecule has 5 nitrogen and oxygen atoms in total. The summed E-state index contributed by atoms with van der Waals surface area (Å²) in [6.45, 7) is 2.48. The number of carbonyl (C=O) groups excluding carboxylic acids is 1. The summed E-state index contributed by atoms with van der Waals surface area (Å²) in [6, 6.07) is 0.206. The molecule has 0 aliphatic carbocycles. The van der Waals surface area contributed by atoms with E-state index in [1.165, 1.54) is 6.20 Å². The fraction of sp³-hybridized carbons (Fsp3) is 0.615. The normalized spacial score (nSPS) is 27.9. The first-order valence-electron chi connectivity index (χ1n) is 6.79. The van der Waals surface area contributed by atoms with Crippen LogP contribution in [-0.4, -0.2) is 47.9 Å². The molecule has 3 rings (SSSR count). The molecule has 0 aromatic carbocycles. The summed E-state index contributed by atoms with van der Waals surface area (Å²) >= 11 is 0. The van der Waals surface area contributed by atoms with Crippen LogP contribution in [0.2, 0.25) is 0 Å². The van der Waals surface area contributed by atoms with Gasteiger partial charge in [-0.25, -0.2) is 4.39 Å². The van der Waals surface area contributed by atoms with Crippen LogP contribution < -0.4 is 11.1 Å². The van der Waals surface area contributed by atoms with Crippen molar-refractivity contribution in [3.63, 3.8) is 0 Å². The van der Waals surface area contributed by atoms with E-state index in [9.17, 15) is 9.18 Å². The van der Waals surface area contributed by atoms with Crippen LogP contribution >= 0.6 is 0 Å². The van der Waals surface area contributed by atoms with Gasteiger partial charge in [-0.05, 0) is 12.8 Å². The molecule has 104 valence electrons. The van der Waals surface area contributed by atoms with Gasteiger partial charge in [0.25, 0.3) is 0 Å². The fourth-order valence-corrected chi connectivity index (χ4v) is 3.18. The van der Waals surface area contributed by atoms with Gasteiger partial charge in [0.1, 0.15) is 0 Å². The molecule has 0 radical (unpaired) electrons. The maximum Gasteiger partial charge on any atom is 0.222 e. The highest BCUT2D eigenvalue weighted by atomic mass is 19.1. The topological polar surface area (TPSA) is 61.6 Å². The van der Waals surface area contributed by atoms with E-state index in [-0.39, 0.29) is 17.8 Å². The van der Waals surface area contributed by atoms with E-state index in [1.54, 1.807) is 0 Å². The van der Waals surface area contributed by atoms with Crippen LogP contribution in [-0.2, 0) is 4.79 Å². The van der Waals surface area contributed by atoms with Gasteiger partial charge in [-0.3, -0.25) is 4.79 Å². The van der Waals surface area contributed by atoms with E-state index in [4.69, 9.17) is 5.73 Å². The van der Waals surface area contributed by atoms with Crippen LogP contribution in [0.15, 0.2) is 23.4 Å². The highest BCUT2D eigenvalue weighted by Gasteiger charge is 2.35. The van der Waals surface area contributed by atoms with Crippen molar-refractivity contribution in [1.82, 2.24) is 15.1 Å². The smallest absolute Gasteiger partial charge is 0.222 e. The Labute approximate surface area is 111 Å². The monoisotopic (exact) mass is 266 g/mol. The maximum absolute atomic E-state index is 13.9. The minimum atomic E-state index is -0.306. The van der Waals surface area contributed by atoms with Gasteiger partial charge in [0, 0.05) is 38.3 Å². The lowest BCUT2D eigenvalue weighted by atomic mass is 9.98. The number of carbonyl (C=O) groups is 1. The van der Waals surface area contributed by atoms with Crippen molar-refractivity contribution >= 4 is 5.91 Å². The van der Waals surface area contributed by atoms with E-state index in [1.807, 2.05) is 9.80 Å². The van der Waals surface area contributed by atoms with Crippen LogP contribution in [0.3, 0.4) is 0 Å². The Bertz CT molecular complexity index is 460. The van der Waals surface area contributed by atoms with Gasteiger partial charge < -0.3 is 20.9 Å². The number of nitrogens with one attached hydrogen (secondary N) is 1. The molecule has 3 N–H and O–H groups in total. The first-order chi connectivity index (χ1) is 9.16. The Morgan fingerprint density at radius 1 is 1.42 bits per heavy atom. The quantitative estimate of drug-likeness (QED) is 0.715. The molecule has 0 bridgehead atoms. The number of hydrogen-bond donors (Lipinski definition) is 2. The van der Waals surface area contributed by atoms with Crippen molar-refractivity contribution in [2.24, 2.45) is 5.73 Å². The zero-order valence-electron chi connectivity index (χ0n) is 10.9. The number of fused-ring (bicyclic) bond motifs is 1. The minimum absolute atomic E-state index is 0.206. The van der Waals surface area contributed by atoms with Crippen LogP contribution in [0.25, 0.3) is 0 Å². The first kappa shape index (κ1) is 12.3. The van der Waals surface area contributed by atoms with Gasteiger partial charge in [0.2, 0.25) is 5.91 Å². The summed E-state index contributed by atoms with van der Waals surface area (Å²) in [5.41, 5.74) is 6.96. The number of allylic oxidation sites excluding steroid dienone is 1. The van der Waals surface area contributed by atoms with Gasteiger partial charge >= 0.3 is 0 Å². The third-order valence-electron chi connectivity index (χ3n) is 4.10. The molecule has 2 fully saturated rings. The van der Waals surface area contributed by atoms with Gasteiger partial charge in [0.15, 0.2) is 5.83 Å². The molecule has 19 heavy (non-hydrogen) atoms. The van der Waals surface area contributed by atoms with E-state index in [0.717, 1.165) is 12.8 Å². The van der Waals surface area contributed by atoms with Crippen molar-refractivity contribution in [2.45, 2.75) is 25.3 Å². The number of halogens is 1. The van der Waals surface area contributed by atoms with E-state index >= 15 is 0 Å². The van der Waals surface area contributed by atoms with E-state index in [2.05, 4.69) is 5.32 Å². The average Bonchev–Trinajstić information content (AvgIpc) is 2.39. The second-order valence-corrected chi connectivity index (χ2v) is 5.33. The molecule has 1 unspecified atom stereocenters. The molecule has 3 aliphatic heterocycles. The van der Waals surface area contributed by atoms with Crippen LogP contribution in [0, 0.1) is 0 Å². The van der Waals surface area contributed by atoms with Gasteiger partial charge in [0.05, 0.1) is 17.9 Å². The predicted octanol–water partition coefficient (Wildman–Crippen LogP) is 0.267. The Morgan fingerprint density at radius 2 is 2.26 bits per heavy atom. The molecular weight excluding hydrogens is 247 g/mol. The molecule has 0 spiro atoms. The molecule has 1 amide bonds. The second-order valence-electron chi connectivity index (χ2n) is 5.33. The summed E-state index contributed by atoms with van der Waals surface area (Å²) in [7, 11) is 0. The number of dihydropyridines is 1. The fourth-order valence-electron chi connectivity index (χ4n) is 3.18. The summed E-state index contributed by atoms with van der Waals surface area (Å²) in [4.78, 5) is 15.7. The number of nitrogens with two attached hydrogens (primary N) is 1. The largest absolute Gasteiger partial charge is 0.399 e. The number of piperazine rings is 1. The number of amides is 1. The van der Waals surface area contributed by atoms with Crippen molar-refractivity contribution in [3.05, 3.63) is 23.4 Å². The summed E-state index contributed by atoms with van der Waals surface area (Å²) in [5, 5.41) is 2.81. The van der Waals surface area contributed by atoms with Gasteiger partial charge in [-0.15, -0.1) is 0 Å². The maximum atomic E-state index is 13.9. The van der Waals surface area contributed by atoms with Gasteiger partial charge in [-0.2, -0.15) is 0 Å². The van der Waals surface area contributed by atoms with Crippen LogP contribution in [0.1, 0.15) is 19.3 Å². The van der Waals surface area contributed by atoms with Crippen molar-refractivity contribution < 1.29 is 9.18 Å². The predicted molar refractivity (Wildman–Crippen MR) is 69.3 cm³/mol. The lowest BCUT2D eigenvalue weighted by molar-refractivity contribution is -0.138. The molecule has 2 saturated heterocycles. The number of nitrogens with zero attached hydrogens (tertiary/aromatic N) is 2. The van der Waals surface area contributed by atoms with E-state index in [0.29, 0.717) is 44.0 Å². The first-order valence-corrected chi connectivity index (χ1v) is 6.79. The average molecular weight is 266 g/mol. The van der Waals surface area contributed by atoms with Crippen molar-refractivity contribution in [2.75, 3.05) is 26.2 Å².